The van der Waals surface area contributed by atoms with Crippen LogP contribution in [0.5, 0.6) is 0 Å². The Balaban J connectivity index is 1.15. The lowest BCUT2D eigenvalue weighted by molar-refractivity contribution is 1.07. The second kappa shape index (κ2) is 13.3. The van der Waals surface area contributed by atoms with E-state index in [4.69, 9.17) is 29.9 Å². The zero-order chi connectivity index (χ0) is 35.8. The van der Waals surface area contributed by atoms with E-state index in [2.05, 4.69) is 78.9 Å². The predicted octanol–water partition coefficient (Wildman–Crippen LogP) is 11.5. The predicted molar refractivity (Wildman–Crippen MR) is 218 cm³/mol. The quantitative estimate of drug-likeness (QED) is 0.162. The molecule has 0 N–H and O–H groups in total. The molecule has 3 aromatic heterocycles. The molecule has 10 rings (SSSR count). The lowest BCUT2D eigenvalue weighted by Crippen LogP contribution is -2.00. The van der Waals surface area contributed by atoms with Gasteiger partial charge in [0.25, 0.3) is 0 Å². The fourth-order valence-electron chi connectivity index (χ4n) is 7.08. The van der Waals surface area contributed by atoms with Crippen molar-refractivity contribution >= 4 is 32.7 Å². The van der Waals surface area contributed by atoms with E-state index >= 15 is 0 Å². The Bertz CT molecular complexity index is 2900. The highest BCUT2D eigenvalue weighted by Gasteiger charge is 2.19. The standard InChI is InChI=1S/C48H30N6/c1-5-15-31(16-6-1)43-44(32-17-7-2-8-18-32)51-45-40(50-43)30-29-38-41(45)37-23-13-14-24-39(37)49-42(38)33-25-27-36(28-26-33)48-53-46(34-19-9-3-10-20-34)52-47(54-48)35-21-11-4-12-22-35/h1-30H. The van der Waals surface area contributed by atoms with Gasteiger partial charge < -0.3 is 0 Å². The molecule has 0 radical (unpaired) electrons. The largest absolute Gasteiger partial charge is 0.247 e. The van der Waals surface area contributed by atoms with Crippen LogP contribution in [0, 0.1) is 0 Å². The highest BCUT2D eigenvalue weighted by atomic mass is 15.0. The lowest BCUT2D eigenvalue weighted by Gasteiger charge is -2.15. The van der Waals surface area contributed by atoms with Gasteiger partial charge in [0.05, 0.1) is 33.6 Å². The topological polar surface area (TPSA) is 77.3 Å². The van der Waals surface area contributed by atoms with Crippen molar-refractivity contribution in [2.75, 3.05) is 0 Å². The summed E-state index contributed by atoms with van der Waals surface area (Å²) in [6.07, 6.45) is 0. The van der Waals surface area contributed by atoms with Gasteiger partial charge in [-0.05, 0) is 18.2 Å². The molecule has 0 fully saturated rings. The molecule has 252 valence electrons. The molecule has 0 aliphatic carbocycles. The molecular weight excluding hydrogens is 661 g/mol. The first-order valence-corrected chi connectivity index (χ1v) is 17.9. The van der Waals surface area contributed by atoms with Crippen LogP contribution >= 0.6 is 0 Å². The van der Waals surface area contributed by atoms with Crippen molar-refractivity contribution in [1.29, 1.82) is 0 Å². The number of benzene rings is 7. The van der Waals surface area contributed by atoms with Crippen molar-refractivity contribution < 1.29 is 0 Å². The molecule has 7 aromatic carbocycles. The van der Waals surface area contributed by atoms with Crippen molar-refractivity contribution in [1.82, 2.24) is 29.9 Å². The van der Waals surface area contributed by atoms with Crippen LogP contribution in [0.3, 0.4) is 0 Å². The number of pyridine rings is 1. The number of hydrogen-bond acceptors (Lipinski definition) is 6. The Kier molecular flexibility index (Phi) is 7.69. The summed E-state index contributed by atoms with van der Waals surface area (Å²) < 4.78 is 0. The van der Waals surface area contributed by atoms with Gasteiger partial charge in [0.1, 0.15) is 0 Å². The van der Waals surface area contributed by atoms with Crippen LogP contribution < -0.4 is 0 Å². The Hall–Kier alpha value is -7.44. The van der Waals surface area contributed by atoms with Crippen LogP contribution in [0.15, 0.2) is 182 Å². The van der Waals surface area contributed by atoms with Crippen molar-refractivity contribution in [2.45, 2.75) is 0 Å². The van der Waals surface area contributed by atoms with Gasteiger partial charge in [-0.15, -0.1) is 0 Å². The van der Waals surface area contributed by atoms with E-state index in [0.29, 0.717) is 17.5 Å². The van der Waals surface area contributed by atoms with Gasteiger partial charge in [0, 0.05) is 49.5 Å². The third kappa shape index (κ3) is 5.63. The summed E-state index contributed by atoms with van der Waals surface area (Å²) in [5.41, 5.74) is 10.9. The minimum atomic E-state index is 0.606. The van der Waals surface area contributed by atoms with Gasteiger partial charge in [-0.3, -0.25) is 0 Å². The van der Waals surface area contributed by atoms with E-state index in [9.17, 15) is 0 Å². The maximum Gasteiger partial charge on any atom is 0.164 e. The number of nitrogens with zero attached hydrogens (tertiary/aromatic N) is 6. The molecule has 3 heterocycles. The second-order valence-electron chi connectivity index (χ2n) is 13.1. The molecule has 0 spiro atoms. The van der Waals surface area contributed by atoms with E-state index in [-0.39, 0.29) is 0 Å². The Morgan fingerprint density at radius 2 is 0.648 bits per heavy atom. The van der Waals surface area contributed by atoms with Gasteiger partial charge in [-0.2, -0.15) is 0 Å². The summed E-state index contributed by atoms with van der Waals surface area (Å²) in [4.78, 5) is 30.7. The molecule has 54 heavy (non-hydrogen) atoms. The van der Waals surface area contributed by atoms with Crippen LogP contribution in [0.25, 0.3) is 101 Å². The summed E-state index contributed by atoms with van der Waals surface area (Å²) >= 11 is 0. The van der Waals surface area contributed by atoms with Gasteiger partial charge in [-0.1, -0.05) is 164 Å². The average Bonchev–Trinajstić information content (AvgIpc) is 3.26. The van der Waals surface area contributed by atoms with Crippen LogP contribution in [0.1, 0.15) is 0 Å². The summed E-state index contributed by atoms with van der Waals surface area (Å²) in [6.45, 7) is 0. The monoisotopic (exact) mass is 690 g/mol. The average molecular weight is 691 g/mol. The van der Waals surface area contributed by atoms with Gasteiger partial charge in [0.2, 0.25) is 0 Å². The fraction of sp³-hybridized carbons (Fsp3) is 0. The van der Waals surface area contributed by atoms with Crippen LogP contribution in [-0.2, 0) is 0 Å². The molecule has 0 atom stereocenters. The third-order valence-corrected chi connectivity index (χ3v) is 9.71. The van der Waals surface area contributed by atoms with Crippen LogP contribution in [-0.4, -0.2) is 29.9 Å². The Morgan fingerprint density at radius 3 is 1.20 bits per heavy atom. The smallest absolute Gasteiger partial charge is 0.164 e. The molecule has 0 amide bonds. The van der Waals surface area contributed by atoms with Crippen molar-refractivity contribution in [3.63, 3.8) is 0 Å². The molecule has 10 aromatic rings. The molecule has 0 bridgehead atoms. The van der Waals surface area contributed by atoms with E-state index < -0.39 is 0 Å². The fourth-order valence-corrected chi connectivity index (χ4v) is 7.08. The minimum absolute atomic E-state index is 0.606. The van der Waals surface area contributed by atoms with Gasteiger partial charge >= 0.3 is 0 Å². The van der Waals surface area contributed by atoms with Crippen LogP contribution in [0.2, 0.25) is 0 Å². The zero-order valence-electron chi connectivity index (χ0n) is 29.0. The number of fused-ring (bicyclic) bond motifs is 5. The molecule has 0 aliphatic rings. The van der Waals surface area contributed by atoms with Crippen molar-refractivity contribution in [2.24, 2.45) is 0 Å². The number of aromatic nitrogens is 6. The SMILES string of the molecule is c1ccc(-c2nc(-c3ccccc3)nc(-c3ccc(-c4nc5ccccc5c5c4ccc4nc(-c6ccccc6)c(-c6ccccc6)nc45)cc3)n2)cc1. The Morgan fingerprint density at radius 1 is 0.241 bits per heavy atom. The molecule has 6 nitrogen and oxygen atoms in total. The molecule has 6 heteroatoms. The second-order valence-corrected chi connectivity index (χ2v) is 13.1. The van der Waals surface area contributed by atoms with E-state index in [1.807, 2.05) is 103 Å². The van der Waals surface area contributed by atoms with Crippen molar-refractivity contribution in [3.05, 3.63) is 182 Å². The van der Waals surface area contributed by atoms with Gasteiger partial charge in [0.15, 0.2) is 17.5 Å². The summed E-state index contributed by atoms with van der Waals surface area (Å²) in [7, 11) is 0. The first-order chi connectivity index (χ1) is 26.8. The number of rotatable bonds is 6. The maximum absolute atomic E-state index is 5.44. The van der Waals surface area contributed by atoms with Crippen molar-refractivity contribution in [3.8, 4) is 67.9 Å². The molecule has 0 aliphatic heterocycles. The first kappa shape index (κ1) is 31.3. The van der Waals surface area contributed by atoms with Crippen LogP contribution in [0.4, 0.5) is 0 Å². The highest BCUT2D eigenvalue weighted by Crippen LogP contribution is 2.39. The summed E-state index contributed by atoms with van der Waals surface area (Å²) in [5, 5.41) is 3.07. The molecule has 0 saturated carbocycles. The molecular formula is C48H30N6. The van der Waals surface area contributed by atoms with E-state index in [1.54, 1.807) is 0 Å². The van der Waals surface area contributed by atoms with Gasteiger partial charge in [-0.25, -0.2) is 29.9 Å². The Labute approximate surface area is 311 Å². The maximum atomic E-state index is 5.44. The molecule has 0 unspecified atom stereocenters. The normalized spacial score (nSPS) is 11.3. The van der Waals surface area contributed by atoms with E-state index in [0.717, 1.165) is 83.2 Å². The van der Waals surface area contributed by atoms with E-state index in [1.165, 1.54) is 0 Å². The minimum Gasteiger partial charge on any atom is -0.247 e. The third-order valence-electron chi connectivity index (χ3n) is 9.71. The number of para-hydroxylation sites is 1. The summed E-state index contributed by atoms with van der Waals surface area (Å²) in [5.74, 6) is 1.86. The lowest BCUT2D eigenvalue weighted by atomic mass is 9.97. The zero-order valence-corrected chi connectivity index (χ0v) is 29.0. The molecule has 0 saturated heterocycles. The highest BCUT2D eigenvalue weighted by molar-refractivity contribution is 6.21. The number of hydrogen-bond donors (Lipinski definition) is 0. The summed E-state index contributed by atoms with van der Waals surface area (Å²) in [6, 6.07) is 61.5. The first-order valence-electron chi connectivity index (χ1n) is 17.9.